The number of ether oxygens (including phenoxy) is 1. The van der Waals surface area contributed by atoms with Crippen molar-refractivity contribution in [3.05, 3.63) is 48.3 Å². The average molecular weight is 529 g/mol. The number of carbonyl (C=O) groups is 1. The van der Waals surface area contributed by atoms with E-state index in [9.17, 15) is 13.6 Å². The summed E-state index contributed by atoms with van der Waals surface area (Å²) in [6.45, 7) is 1.54. The van der Waals surface area contributed by atoms with Gasteiger partial charge >= 0.3 is 5.97 Å². The van der Waals surface area contributed by atoms with Crippen LogP contribution in [-0.2, 0) is 18.4 Å². The van der Waals surface area contributed by atoms with E-state index < -0.39 is 30.8 Å². The largest absolute Gasteiger partial charge is 0.481 e. The van der Waals surface area contributed by atoms with Crippen LogP contribution in [0.25, 0.3) is 11.4 Å². The van der Waals surface area contributed by atoms with Crippen molar-refractivity contribution in [2.24, 2.45) is 13.0 Å². The number of hydrazine groups is 2. The minimum absolute atomic E-state index is 0.0894. The Bertz CT molecular complexity index is 1360. The Morgan fingerprint density at radius 1 is 1.26 bits per heavy atom. The number of hydrogen-bond acceptors (Lipinski definition) is 11. The molecule has 3 aromatic heterocycles. The first kappa shape index (κ1) is 25.1. The number of rotatable bonds is 8. The third-order valence-electron chi connectivity index (χ3n) is 6.24. The first-order valence-electron chi connectivity index (χ1n) is 11.8. The average Bonchev–Trinajstić information content (AvgIpc) is 3.51. The van der Waals surface area contributed by atoms with Crippen LogP contribution in [0.15, 0.2) is 36.9 Å². The van der Waals surface area contributed by atoms with Crippen molar-refractivity contribution < 1.29 is 23.4 Å². The molecule has 1 saturated heterocycles. The van der Waals surface area contributed by atoms with Crippen molar-refractivity contribution >= 4 is 17.5 Å². The van der Waals surface area contributed by atoms with Gasteiger partial charge in [-0.3, -0.25) is 15.6 Å². The quantitative estimate of drug-likeness (QED) is 0.392. The summed E-state index contributed by atoms with van der Waals surface area (Å²) < 4.78 is 36.3. The molecule has 1 atom stereocenters. The fraction of sp³-hybridized carbons (Fsp3) is 0.391. The molecule has 2 aliphatic rings. The zero-order valence-corrected chi connectivity index (χ0v) is 20.7. The van der Waals surface area contributed by atoms with E-state index in [-0.39, 0.29) is 19.6 Å². The van der Waals surface area contributed by atoms with Crippen LogP contribution >= 0.6 is 0 Å². The van der Waals surface area contributed by atoms with Gasteiger partial charge in [0.25, 0.3) is 5.92 Å². The number of piperidine rings is 1. The lowest BCUT2D eigenvalue weighted by Gasteiger charge is -2.39. The predicted octanol–water partition coefficient (Wildman–Crippen LogP) is 1.79. The van der Waals surface area contributed by atoms with Gasteiger partial charge in [-0.1, -0.05) is 5.21 Å². The number of aromatic nitrogens is 6. The topological polar surface area (TPSA) is 146 Å². The van der Waals surface area contributed by atoms with E-state index in [0.29, 0.717) is 40.2 Å². The van der Waals surface area contributed by atoms with E-state index >= 15 is 0 Å². The van der Waals surface area contributed by atoms with E-state index in [4.69, 9.17) is 9.84 Å². The molecule has 5 rings (SSSR count). The molecule has 13 nitrogen and oxygen atoms in total. The molecule has 0 unspecified atom stereocenters. The maximum atomic E-state index is 14.4. The van der Waals surface area contributed by atoms with Crippen LogP contribution < -0.4 is 25.6 Å². The van der Waals surface area contributed by atoms with Crippen LogP contribution in [0.5, 0.6) is 5.88 Å². The minimum Gasteiger partial charge on any atom is -0.481 e. The predicted molar refractivity (Wildman–Crippen MR) is 131 cm³/mol. The summed E-state index contributed by atoms with van der Waals surface area (Å²) in [5, 5.41) is 19.0. The molecule has 1 fully saturated rings. The van der Waals surface area contributed by atoms with Gasteiger partial charge in [0.1, 0.15) is 24.3 Å². The molecule has 0 radical (unpaired) electrons. The number of hydrogen-bond donors (Lipinski definition) is 3. The standard InChI is InChI=1S/C23H26F2N10O3/c1-14-17(34-10-15(7-21(36)37)9-23(24,25)12-34)4-3-16(30-14)22-18(33(2)32-31-22)11-38-20-8-19(26-13-27-20)35-28-5-6-29-35/h3-6,8,13,15,28-29H,7,9-12H2,1-2H3,(H,36,37)/t15-/m0/s1. The van der Waals surface area contributed by atoms with E-state index in [1.165, 1.54) is 11.2 Å². The van der Waals surface area contributed by atoms with Crippen molar-refractivity contribution in [3.8, 4) is 17.3 Å². The molecule has 0 spiro atoms. The molecule has 0 amide bonds. The van der Waals surface area contributed by atoms with Crippen LogP contribution in [-0.4, -0.2) is 60.0 Å². The maximum absolute atomic E-state index is 14.4. The molecule has 0 aromatic carbocycles. The highest BCUT2D eigenvalue weighted by Crippen LogP contribution is 2.36. The van der Waals surface area contributed by atoms with Crippen molar-refractivity contribution in [2.45, 2.75) is 32.3 Å². The first-order chi connectivity index (χ1) is 18.2. The lowest BCUT2D eigenvalue weighted by molar-refractivity contribution is -0.139. The summed E-state index contributed by atoms with van der Waals surface area (Å²) in [5.41, 5.74) is 8.57. The van der Waals surface area contributed by atoms with Gasteiger partial charge in [-0.05, 0) is 25.0 Å². The minimum atomic E-state index is -2.99. The molecule has 2 aliphatic heterocycles. The number of carboxylic acid groups (broad SMARTS) is 1. The molecular weight excluding hydrogens is 502 g/mol. The molecular formula is C23H26F2N10O3. The molecule has 0 aliphatic carbocycles. The number of alkyl halides is 2. The number of halogens is 2. The smallest absolute Gasteiger partial charge is 0.303 e. The Hall–Kier alpha value is -4.56. The maximum Gasteiger partial charge on any atom is 0.303 e. The van der Waals surface area contributed by atoms with Gasteiger partial charge in [0.15, 0.2) is 5.82 Å². The summed E-state index contributed by atoms with van der Waals surface area (Å²) in [4.78, 5) is 25.6. The number of aryl methyl sites for hydroxylation is 2. The Labute approximate surface area is 216 Å². The second-order valence-corrected chi connectivity index (χ2v) is 9.14. The summed E-state index contributed by atoms with van der Waals surface area (Å²) in [5.74, 6) is -3.86. The molecule has 200 valence electrons. The third-order valence-corrected chi connectivity index (χ3v) is 6.24. The van der Waals surface area contributed by atoms with Crippen LogP contribution in [0.4, 0.5) is 20.3 Å². The van der Waals surface area contributed by atoms with E-state index in [1.807, 2.05) is 0 Å². The van der Waals surface area contributed by atoms with Crippen molar-refractivity contribution in [2.75, 3.05) is 23.1 Å². The number of pyridine rings is 1. The van der Waals surface area contributed by atoms with Crippen LogP contribution in [0.2, 0.25) is 0 Å². The number of anilines is 2. The van der Waals surface area contributed by atoms with Gasteiger partial charge in [0, 0.05) is 38.5 Å². The molecule has 3 aromatic rings. The molecule has 15 heteroatoms. The summed E-state index contributed by atoms with van der Waals surface area (Å²) in [7, 11) is 1.73. The van der Waals surface area contributed by atoms with Gasteiger partial charge in [-0.25, -0.2) is 28.4 Å². The Morgan fingerprint density at radius 2 is 2.05 bits per heavy atom. The van der Waals surface area contributed by atoms with Gasteiger partial charge < -0.3 is 14.7 Å². The summed E-state index contributed by atoms with van der Waals surface area (Å²) in [6.07, 6.45) is 4.04. The molecule has 3 N–H and O–H groups in total. The monoisotopic (exact) mass is 528 g/mol. The Kier molecular flexibility index (Phi) is 6.65. The first-order valence-corrected chi connectivity index (χ1v) is 11.8. The zero-order valence-electron chi connectivity index (χ0n) is 20.7. The van der Waals surface area contributed by atoms with Crippen LogP contribution in [0, 0.1) is 12.8 Å². The second-order valence-electron chi connectivity index (χ2n) is 9.14. The van der Waals surface area contributed by atoms with Gasteiger partial charge in [0.05, 0.1) is 30.0 Å². The molecule has 38 heavy (non-hydrogen) atoms. The van der Waals surface area contributed by atoms with Gasteiger partial charge in [0.2, 0.25) is 5.88 Å². The van der Waals surface area contributed by atoms with E-state index in [2.05, 4.69) is 36.1 Å². The van der Waals surface area contributed by atoms with Crippen molar-refractivity contribution in [1.29, 1.82) is 0 Å². The van der Waals surface area contributed by atoms with Gasteiger partial charge in [-0.2, -0.15) is 5.12 Å². The van der Waals surface area contributed by atoms with Crippen molar-refractivity contribution in [3.63, 3.8) is 0 Å². The highest BCUT2D eigenvalue weighted by Gasteiger charge is 2.41. The Morgan fingerprint density at radius 3 is 2.79 bits per heavy atom. The fourth-order valence-corrected chi connectivity index (χ4v) is 4.60. The van der Waals surface area contributed by atoms with Gasteiger partial charge in [-0.15, -0.1) is 5.10 Å². The molecule has 0 saturated carbocycles. The van der Waals surface area contributed by atoms with E-state index in [1.54, 1.807) is 54.4 Å². The van der Waals surface area contributed by atoms with Crippen LogP contribution in [0.3, 0.4) is 0 Å². The lowest BCUT2D eigenvalue weighted by Crippen LogP contribution is -2.48. The Balaban J connectivity index is 1.33. The summed E-state index contributed by atoms with van der Waals surface area (Å²) >= 11 is 0. The fourth-order valence-electron chi connectivity index (χ4n) is 4.60. The van der Waals surface area contributed by atoms with Crippen molar-refractivity contribution in [1.82, 2.24) is 40.8 Å². The number of nitrogens with zero attached hydrogens (tertiary/aromatic N) is 8. The normalized spacial score (nSPS) is 18.3. The highest BCUT2D eigenvalue weighted by atomic mass is 19.3. The lowest BCUT2D eigenvalue weighted by atomic mass is 9.92. The van der Waals surface area contributed by atoms with E-state index in [0.717, 1.165) is 0 Å². The summed E-state index contributed by atoms with van der Waals surface area (Å²) in [6, 6.07) is 5.05. The number of aliphatic carboxylic acids is 1. The third kappa shape index (κ3) is 5.40. The molecule has 0 bridgehead atoms. The SMILES string of the molecule is Cc1nc(-c2nnn(C)c2COc2cc(N3NC=CN3)ncn2)ccc1N1C[C@@H](CC(=O)O)CC(F)(F)C1. The number of carboxylic acids is 1. The molecule has 5 heterocycles. The van der Waals surface area contributed by atoms with Crippen LogP contribution in [0.1, 0.15) is 24.2 Å². The second kappa shape index (κ2) is 10.1. The zero-order chi connectivity index (χ0) is 26.9. The number of nitrogens with one attached hydrogen (secondary N) is 2. The highest BCUT2D eigenvalue weighted by molar-refractivity contribution is 5.67.